The van der Waals surface area contributed by atoms with E-state index in [-0.39, 0.29) is 30.8 Å². The molecule has 7 heteroatoms. The highest BCUT2D eigenvalue weighted by Gasteiger charge is 2.25. The van der Waals surface area contributed by atoms with Crippen molar-refractivity contribution in [2.45, 2.75) is 18.9 Å². The molecular weight excluding hydrogens is 384 g/mol. The summed E-state index contributed by atoms with van der Waals surface area (Å²) in [6.07, 6.45) is 1.83. The largest absolute Gasteiger partial charge is 0.508 e. The van der Waals surface area contributed by atoms with Crippen LogP contribution >= 0.6 is 0 Å². The van der Waals surface area contributed by atoms with Crippen LogP contribution in [-0.2, 0) is 11.3 Å². The fourth-order valence-electron chi connectivity index (χ4n) is 3.42. The van der Waals surface area contributed by atoms with Crippen molar-refractivity contribution in [3.05, 3.63) is 77.6 Å². The van der Waals surface area contributed by atoms with Crippen LogP contribution in [-0.4, -0.2) is 29.9 Å². The van der Waals surface area contributed by atoms with Crippen molar-refractivity contribution in [2.75, 3.05) is 13.9 Å². The van der Waals surface area contributed by atoms with Crippen LogP contribution in [0.4, 0.5) is 0 Å². The second-order valence-electron chi connectivity index (χ2n) is 6.89. The number of aromatic nitrogens is 1. The first-order chi connectivity index (χ1) is 14.6. The van der Waals surface area contributed by atoms with E-state index in [1.807, 2.05) is 42.5 Å². The third kappa shape index (κ3) is 4.30. The maximum atomic E-state index is 12.7. The number of carbonyl (C=O) groups excluding carboxylic acids is 1. The lowest BCUT2D eigenvalue weighted by Gasteiger charge is -2.20. The lowest BCUT2D eigenvalue weighted by Crippen LogP contribution is -2.25. The van der Waals surface area contributed by atoms with Crippen LogP contribution in [0, 0.1) is 0 Å². The number of rotatable bonds is 7. The van der Waals surface area contributed by atoms with E-state index < -0.39 is 0 Å². The summed E-state index contributed by atoms with van der Waals surface area (Å²) in [5.41, 5.74) is 2.24. The van der Waals surface area contributed by atoms with Gasteiger partial charge in [-0.2, -0.15) is 0 Å². The smallest absolute Gasteiger partial charge is 0.231 e. The molecule has 0 saturated carbocycles. The molecular formula is C23H22N2O5. The Bertz CT molecular complexity index is 1020. The number of ether oxygens (including phenoxy) is 3. The van der Waals surface area contributed by atoms with E-state index in [1.165, 1.54) is 6.07 Å². The van der Waals surface area contributed by atoms with Crippen molar-refractivity contribution in [1.29, 1.82) is 0 Å². The molecule has 1 unspecified atom stereocenters. The molecule has 0 aliphatic carbocycles. The Balaban J connectivity index is 1.59. The Hall–Kier alpha value is -3.74. The molecule has 30 heavy (non-hydrogen) atoms. The van der Waals surface area contributed by atoms with Crippen molar-refractivity contribution in [2.24, 2.45) is 0 Å². The zero-order valence-electron chi connectivity index (χ0n) is 16.5. The molecule has 1 atom stereocenters. The lowest BCUT2D eigenvalue weighted by atomic mass is 9.87. The molecule has 0 radical (unpaired) electrons. The number of fused-ring (bicyclic) bond motifs is 1. The number of hydrogen-bond acceptors (Lipinski definition) is 6. The highest BCUT2D eigenvalue weighted by atomic mass is 16.7. The van der Waals surface area contributed by atoms with Gasteiger partial charge in [0, 0.05) is 30.2 Å². The van der Waals surface area contributed by atoms with Gasteiger partial charge < -0.3 is 24.6 Å². The molecule has 4 rings (SSSR count). The summed E-state index contributed by atoms with van der Waals surface area (Å²) in [5, 5.41) is 13.5. The van der Waals surface area contributed by atoms with Crippen LogP contribution < -0.4 is 19.5 Å². The third-order valence-electron chi connectivity index (χ3n) is 5.00. The van der Waals surface area contributed by atoms with Gasteiger partial charge in [0.15, 0.2) is 11.5 Å². The maximum Gasteiger partial charge on any atom is 0.231 e. The normalized spacial score (nSPS) is 13.0. The van der Waals surface area contributed by atoms with Crippen molar-refractivity contribution < 1.29 is 24.1 Å². The summed E-state index contributed by atoms with van der Waals surface area (Å²) >= 11 is 0. The SMILES string of the molecule is COc1ccc(C(CC(=O)NCc2ccccn2)c2cc3c(cc2O)OCO3)cc1. The standard InChI is InChI=1S/C23H22N2O5/c1-28-17-7-5-15(6-8-17)18(11-23(27)25-13-16-4-2-3-9-24-16)19-10-21-22(12-20(19)26)30-14-29-21/h2-10,12,18,26H,11,13-14H2,1H3,(H,25,27). The quantitative estimate of drug-likeness (QED) is 0.625. The van der Waals surface area contributed by atoms with Gasteiger partial charge in [-0.05, 0) is 35.9 Å². The predicted octanol–water partition coefficient (Wildman–Crippen LogP) is 3.36. The second-order valence-corrected chi connectivity index (χ2v) is 6.89. The number of aromatic hydroxyl groups is 1. The molecule has 2 N–H and O–H groups in total. The molecule has 7 nitrogen and oxygen atoms in total. The molecule has 3 aromatic rings. The van der Waals surface area contributed by atoms with Gasteiger partial charge in [-0.25, -0.2) is 0 Å². The number of methoxy groups -OCH3 is 1. The van der Waals surface area contributed by atoms with Crippen LogP contribution in [0.15, 0.2) is 60.8 Å². The molecule has 154 valence electrons. The van der Waals surface area contributed by atoms with Crippen molar-refractivity contribution in [1.82, 2.24) is 10.3 Å². The van der Waals surface area contributed by atoms with Crippen molar-refractivity contribution >= 4 is 5.91 Å². The Morgan fingerprint density at radius 2 is 1.93 bits per heavy atom. The number of phenolic OH excluding ortho intramolecular Hbond substituents is 1. The van der Waals surface area contributed by atoms with Gasteiger partial charge >= 0.3 is 0 Å². The molecule has 1 amide bonds. The van der Waals surface area contributed by atoms with E-state index in [0.717, 1.165) is 11.3 Å². The Kier molecular flexibility index (Phi) is 5.70. The molecule has 1 aromatic heterocycles. The molecule has 0 bridgehead atoms. The van der Waals surface area contributed by atoms with E-state index in [1.54, 1.807) is 19.4 Å². The third-order valence-corrected chi connectivity index (χ3v) is 5.00. The van der Waals surface area contributed by atoms with Gasteiger partial charge in [0.2, 0.25) is 12.7 Å². The number of phenols is 1. The lowest BCUT2D eigenvalue weighted by molar-refractivity contribution is -0.121. The highest BCUT2D eigenvalue weighted by Crippen LogP contribution is 2.43. The fraction of sp³-hybridized carbons (Fsp3) is 0.217. The molecule has 0 fully saturated rings. The van der Waals surface area contributed by atoms with Gasteiger partial charge in [-0.15, -0.1) is 0 Å². The second kappa shape index (κ2) is 8.73. The fourth-order valence-corrected chi connectivity index (χ4v) is 3.42. The van der Waals surface area contributed by atoms with Gasteiger partial charge in [0.25, 0.3) is 0 Å². The minimum absolute atomic E-state index is 0.0533. The monoisotopic (exact) mass is 406 g/mol. The summed E-state index contributed by atoms with van der Waals surface area (Å²) in [5.74, 6) is 1.27. The van der Waals surface area contributed by atoms with Gasteiger partial charge in [-0.1, -0.05) is 18.2 Å². The highest BCUT2D eigenvalue weighted by molar-refractivity contribution is 5.78. The number of hydrogen-bond donors (Lipinski definition) is 2. The molecule has 0 spiro atoms. The number of amides is 1. The summed E-state index contributed by atoms with van der Waals surface area (Å²) in [6, 6.07) is 16.3. The Morgan fingerprint density at radius 1 is 1.17 bits per heavy atom. The van der Waals surface area contributed by atoms with Crippen LogP contribution in [0.3, 0.4) is 0 Å². The van der Waals surface area contributed by atoms with Crippen LogP contribution in [0.25, 0.3) is 0 Å². The first-order valence-corrected chi connectivity index (χ1v) is 9.57. The number of pyridine rings is 1. The minimum Gasteiger partial charge on any atom is -0.508 e. The summed E-state index contributed by atoms with van der Waals surface area (Å²) in [4.78, 5) is 17.0. The maximum absolute atomic E-state index is 12.7. The average Bonchev–Trinajstić information content (AvgIpc) is 3.23. The van der Waals surface area contributed by atoms with E-state index in [9.17, 15) is 9.90 Å². The first kappa shape index (κ1) is 19.6. The van der Waals surface area contributed by atoms with Crippen molar-refractivity contribution in [3.63, 3.8) is 0 Å². The number of carbonyl (C=O) groups is 1. The summed E-state index contributed by atoms with van der Waals surface area (Å²) < 4.78 is 16.0. The Labute approximate surface area is 174 Å². The molecule has 1 aliphatic heterocycles. The van der Waals surface area contributed by atoms with Gasteiger partial charge in [-0.3, -0.25) is 9.78 Å². The molecule has 2 aromatic carbocycles. The number of nitrogens with zero attached hydrogens (tertiary/aromatic N) is 1. The van der Waals surface area contributed by atoms with Crippen LogP contribution in [0.1, 0.15) is 29.2 Å². The van der Waals surface area contributed by atoms with Crippen molar-refractivity contribution in [3.8, 4) is 23.0 Å². The number of nitrogens with one attached hydrogen (secondary N) is 1. The van der Waals surface area contributed by atoms with E-state index in [0.29, 0.717) is 29.4 Å². The molecule has 1 aliphatic rings. The predicted molar refractivity (Wildman–Crippen MR) is 110 cm³/mol. The Morgan fingerprint density at radius 3 is 2.63 bits per heavy atom. The van der Waals surface area contributed by atoms with Gasteiger partial charge in [0.1, 0.15) is 11.5 Å². The topological polar surface area (TPSA) is 89.9 Å². The number of benzene rings is 2. The van der Waals surface area contributed by atoms with E-state index in [4.69, 9.17) is 14.2 Å². The van der Waals surface area contributed by atoms with Crippen LogP contribution in [0.2, 0.25) is 0 Å². The first-order valence-electron chi connectivity index (χ1n) is 9.57. The summed E-state index contributed by atoms with van der Waals surface area (Å²) in [7, 11) is 1.60. The van der Waals surface area contributed by atoms with E-state index in [2.05, 4.69) is 10.3 Å². The van der Waals surface area contributed by atoms with Crippen LogP contribution in [0.5, 0.6) is 23.0 Å². The zero-order valence-corrected chi connectivity index (χ0v) is 16.5. The summed E-state index contributed by atoms with van der Waals surface area (Å²) in [6.45, 7) is 0.443. The molecule has 0 saturated heterocycles. The molecule has 2 heterocycles. The van der Waals surface area contributed by atoms with E-state index >= 15 is 0 Å². The minimum atomic E-state index is -0.380. The average molecular weight is 406 g/mol. The zero-order chi connectivity index (χ0) is 20.9. The van der Waals surface area contributed by atoms with Gasteiger partial charge in [0.05, 0.1) is 19.3 Å².